The summed E-state index contributed by atoms with van der Waals surface area (Å²) in [6.07, 6.45) is 4.23. The Labute approximate surface area is 180 Å². The van der Waals surface area contributed by atoms with E-state index in [1.165, 1.54) is 34.4 Å². The molecule has 1 aliphatic rings. The molecule has 0 saturated carbocycles. The van der Waals surface area contributed by atoms with Crippen LogP contribution in [0.5, 0.6) is 0 Å². The first-order valence-electron chi connectivity index (χ1n) is 10.2. The number of hydrogen-bond donors (Lipinski definition) is 1. The van der Waals surface area contributed by atoms with Crippen LogP contribution < -0.4 is 5.32 Å². The maximum Gasteiger partial charge on any atom is 0.407 e. The smallest absolute Gasteiger partial charge is 0.407 e. The molecule has 156 valence electrons. The predicted molar refractivity (Wildman–Crippen MR) is 119 cm³/mol. The maximum atomic E-state index is 13.4. The zero-order valence-electron chi connectivity index (χ0n) is 16.9. The maximum absolute atomic E-state index is 13.4. The van der Waals surface area contributed by atoms with Crippen LogP contribution in [0, 0.1) is 5.82 Å². The number of hydrogen-bond acceptors (Lipinski definition) is 3. The fourth-order valence-corrected chi connectivity index (χ4v) is 3.93. The fraction of sp³-hybridized carbons (Fsp3) is 0.154. The Balaban J connectivity index is 1.28. The van der Waals surface area contributed by atoms with Crippen molar-refractivity contribution in [2.75, 3.05) is 13.2 Å². The zero-order chi connectivity index (χ0) is 21.6. The molecule has 1 aliphatic carbocycles. The van der Waals surface area contributed by atoms with Crippen molar-refractivity contribution in [3.05, 3.63) is 101 Å². The second kappa shape index (κ2) is 9.39. The number of fused-ring (bicyclic) bond motifs is 3. The molecule has 0 heterocycles. The van der Waals surface area contributed by atoms with Crippen LogP contribution in [0.2, 0.25) is 0 Å². The molecule has 1 N–H and O–H groups in total. The number of alkyl carbamates (subject to hydrolysis) is 1. The quantitative estimate of drug-likeness (QED) is 0.405. The summed E-state index contributed by atoms with van der Waals surface area (Å²) in [4.78, 5) is 22.9. The van der Waals surface area contributed by atoms with E-state index in [4.69, 9.17) is 4.74 Å². The van der Waals surface area contributed by atoms with Crippen LogP contribution in [0.4, 0.5) is 9.18 Å². The Kier molecular flexibility index (Phi) is 6.22. The molecular weight excluding hydrogens is 393 g/mol. The van der Waals surface area contributed by atoms with Gasteiger partial charge < -0.3 is 10.1 Å². The van der Waals surface area contributed by atoms with Gasteiger partial charge in [0, 0.05) is 18.0 Å². The number of ether oxygens (including phenoxy) is 1. The summed E-state index contributed by atoms with van der Waals surface area (Å²) in [5.41, 5.74) is 5.60. The highest BCUT2D eigenvalue weighted by Crippen LogP contribution is 2.44. The van der Waals surface area contributed by atoms with E-state index in [1.54, 1.807) is 12.1 Å². The monoisotopic (exact) mass is 415 g/mol. The molecule has 0 radical (unpaired) electrons. The number of halogens is 1. The highest BCUT2D eigenvalue weighted by atomic mass is 19.1. The second-order valence-electron chi connectivity index (χ2n) is 7.38. The van der Waals surface area contributed by atoms with E-state index in [0.717, 1.165) is 0 Å². The van der Waals surface area contributed by atoms with Crippen molar-refractivity contribution in [1.29, 1.82) is 0 Å². The van der Waals surface area contributed by atoms with Gasteiger partial charge in [0.05, 0.1) is 0 Å². The Hall–Kier alpha value is -3.73. The average Bonchev–Trinajstić information content (AvgIpc) is 3.11. The normalized spacial score (nSPS) is 12.4. The van der Waals surface area contributed by atoms with E-state index in [-0.39, 0.29) is 18.1 Å². The largest absolute Gasteiger partial charge is 0.449 e. The molecule has 0 unspecified atom stereocenters. The van der Waals surface area contributed by atoms with Crippen LogP contribution in [0.3, 0.4) is 0 Å². The van der Waals surface area contributed by atoms with Crippen molar-refractivity contribution in [3.63, 3.8) is 0 Å². The highest BCUT2D eigenvalue weighted by molar-refractivity contribution is 5.79. The van der Waals surface area contributed by atoms with Crippen LogP contribution >= 0.6 is 0 Å². The average molecular weight is 415 g/mol. The van der Waals surface area contributed by atoms with Crippen molar-refractivity contribution >= 4 is 18.5 Å². The van der Waals surface area contributed by atoms with Gasteiger partial charge in [-0.2, -0.15) is 0 Å². The molecule has 0 fully saturated rings. The SMILES string of the molecule is O=Cc1cc(F)cc(C=CCCNC(=O)OCC2c3ccccc3-c3ccccc32)c1. The molecule has 0 aliphatic heterocycles. The summed E-state index contributed by atoms with van der Waals surface area (Å²) in [5, 5.41) is 2.73. The number of amides is 1. The first-order valence-corrected chi connectivity index (χ1v) is 10.2. The molecule has 1 amide bonds. The summed E-state index contributed by atoms with van der Waals surface area (Å²) in [5.74, 6) is -0.431. The van der Waals surface area contributed by atoms with Gasteiger partial charge in [0.2, 0.25) is 0 Å². The molecule has 3 aromatic carbocycles. The van der Waals surface area contributed by atoms with Crippen molar-refractivity contribution in [2.45, 2.75) is 12.3 Å². The number of nitrogens with one attached hydrogen (secondary N) is 1. The third kappa shape index (κ3) is 4.72. The van der Waals surface area contributed by atoms with E-state index in [0.29, 0.717) is 24.8 Å². The second-order valence-corrected chi connectivity index (χ2v) is 7.38. The van der Waals surface area contributed by atoms with E-state index < -0.39 is 11.9 Å². The van der Waals surface area contributed by atoms with Crippen molar-refractivity contribution in [2.24, 2.45) is 0 Å². The lowest BCUT2D eigenvalue weighted by atomic mass is 9.98. The third-order valence-electron chi connectivity index (χ3n) is 5.31. The fourth-order valence-electron chi connectivity index (χ4n) is 3.93. The van der Waals surface area contributed by atoms with Gasteiger partial charge in [-0.15, -0.1) is 0 Å². The van der Waals surface area contributed by atoms with Gasteiger partial charge in [-0.3, -0.25) is 4.79 Å². The van der Waals surface area contributed by atoms with Crippen LogP contribution in [-0.4, -0.2) is 25.5 Å². The number of rotatable bonds is 7. The minimum atomic E-state index is -0.468. The van der Waals surface area contributed by atoms with E-state index in [2.05, 4.69) is 29.6 Å². The Morgan fingerprint density at radius 2 is 1.61 bits per heavy atom. The molecule has 4 nitrogen and oxygen atoms in total. The van der Waals surface area contributed by atoms with Crippen LogP contribution in [0.15, 0.2) is 72.8 Å². The molecule has 5 heteroatoms. The minimum absolute atomic E-state index is 0.0260. The predicted octanol–water partition coefficient (Wildman–Crippen LogP) is 5.58. The zero-order valence-corrected chi connectivity index (χ0v) is 16.9. The third-order valence-corrected chi connectivity index (χ3v) is 5.31. The molecule has 0 atom stereocenters. The number of carbonyl (C=O) groups is 2. The molecule has 0 bridgehead atoms. The van der Waals surface area contributed by atoms with Crippen molar-refractivity contribution < 1.29 is 18.7 Å². The topological polar surface area (TPSA) is 55.4 Å². The van der Waals surface area contributed by atoms with Gasteiger partial charge >= 0.3 is 6.09 Å². The molecule has 31 heavy (non-hydrogen) atoms. The standard InChI is InChI=1S/C26H22FNO3/c27-20-14-18(13-19(15-20)16-29)7-5-6-12-28-26(30)31-17-25-23-10-3-1-8-21(23)22-9-2-4-11-24(22)25/h1-5,7-11,13-16,25H,6,12,17H2,(H,28,30). The summed E-state index contributed by atoms with van der Waals surface area (Å²) >= 11 is 0. The first kappa shape index (κ1) is 20.5. The van der Waals surface area contributed by atoms with Crippen molar-refractivity contribution in [3.8, 4) is 11.1 Å². The minimum Gasteiger partial charge on any atom is -0.449 e. The first-order chi connectivity index (χ1) is 15.2. The number of benzene rings is 3. The number of aldehydes is 1. The lowest BCUT2D eigenvalue weighted by Crippen LogP contribution is -2.26. The molecule has 0 aromatic heterocycles. The lowest BCUT2D eigenvalue weighted by Gasteiger charge is -2.14. The summed E-state index contributed by atoms with van der Waals surface area (Å²) in [6, 6.07) is 20.5. The van der Waals surface area contributed by atoms with Gasteiger partial charge in [-0.05, 0) is 52.4 Å². The van der Waals surface area contributed by atoms with Gasteiger partial charge in [-0.25, -0.2) is 9.18 Å². The highest BCUT2D eigenvalue weighted by Gasteiger charge is 2.28. The Morgan fingerprint density at radius 1 is 0.968 bits per heavy atom. The van der Waals surface area contributed by atoms with Crippen LogP contribution in [0.25, 0.3) is 17.2 Å². The summed E-state index contributed by atoms with van der Waals surface area (Å²) < 4.78 is 18.9. The molecule has 0 spiro atoms. The van der Waals surface area contributed by atoms with E-state index >= 15 is 0 Å². The molecule has 4 rings (SSSR count). The van der Waals surface area contributed by atoms with Gasteiger partial charge in [-0.1, -0.05) is 60.7 Å². The molecule has 0 saturated heterocycles. The van der Waals surface area contributed by atoms with Crippen LogP contribution in [0.1, 0.15) is 39.4 Å². The summed E-state index contributed by atoms with van der Waals surface area (Å²) in [6.45, 7) is 0.663. The molecular formula is C26H22FNO3. The lowest BCUT2D eigenvalue weighted by molar-refractivity contribution is 0.112. The van der Waals surface area contributed by atoms with Gasteiger partial charge in [0.1, 0.15) is 18.7 Å². The van der Waals surface area contributed by atoms with E-state index in [1.807, 2.05) is 30.3 Å². The number of carbonyl (C=O) groups excluding carboxylic acids is 2. The van der Waals surface area contributed by atoms with E-state index in [9.17, 15) is 14.0 Å². The Bertz CT molecular complexity index is 1090. The van der Waals surface area contributed by atoms with Crippen molar-refractivity contribution in [1.82, 2.24) is 5.32 Å². The summed E-state index contributed by atoms with van der Waals surface area (Å²) in [7, 11) is 0. The van der Waals surface area contributed by atoms with Gasteiger partial charge in [0.15, 0.2) is 0 Å². The van der Waals surface area contributed by atoms with Gasteiger partial charge in [0.25, 0.3) is 0 Å². The van der Waals surface area contributed by atoms with Crippen LogP contribution in [-0.2, 0) is 4.74 Å². The molecule has 3 aromatic rings. The Morgan fingerprint density at radius 3 is 2.29 bits per heavy atom.